The predicted molar refractivity (Wildman–Crippen MR) is 160 cm³/mol. The number of nitrogens with zero attached hydrogens (tertiary/aromatic N) is 2. The average molecular weight is 548 g/mol. The molecule has 0 saturated carbocycles. The van der Waals surface area contributed by atoms with Gasteiger partial charge >= 0.3 is 0 Å². The quantitative estimate of drug-likeness (QED) is 0.252. The highest BCUT2D eigenvalue weighted by molar-refractivity contribution is 6.09. The molecule has 3 N–H and O–H groups in total. The second-order valence-electron chi connectivity index (χ2n) is 9.50. The van der Waals surface area contributed by atoms with Crippen LogP contribution >= 0.6 is 0 Å². The third kappa shape index (κ3) is 5.51. The van der Waals surface area contributed by atoms with Crippen molar-refractivity contribution in [3.8, 4) is 17.0 Å². The van der Waals surface area contributed by atoms with Gasteiger partial charge in [-0.15, -0.1) is 0 Å². The third-order valence-electron chi connectivity index (χ3n) is 6.85. The van der Waals surface area contributed by atoms with E-state index < -0.39 is 0 Å². The minimum Gasteiger partial charge on any atom is -0.495 e. The summed E-state index contributed by atoms with van der Waals surface area (Å²) >= 11 is 0. The fourth-order valence-electron chi connectivity index (χ4n) is 4.64. The summed E-state index contributed by atoms with van der Waals surface area (Å²) in [5.41, 5.74) is 5.97. The fraction of sp³-hybridized carbons (Fsp3) is 0.125. The summed E-state index contributed by atoms with van der Waals surface area (Å²) in [5.74, 6) is -0.506. The Hall–Kier alpha value is -5.44. The highest BCUT2D eigenvalue weighted by Crippen LogP contribution is 2.32. The first-order valence-corrected chi connectivity index (χ1v) is 12.9. The Bertz CT molecular complexity index is 1790. The second-order valence-corrected chi connectivity index (χ2v) is 9.50. The normalized spacial score (nSPS) is 10.7. The van der Waals surface area contributed by atoms with Gasteiger partial charge in [-0.25, -0.2) is 0 Å². The number of aryl methyl sites for hydroxylation is 2. The van der Waals surface area contributed by atoms with E-state index in [9.17, 15) is 14.4 Å². The van der Waals surface area contributed by atoms with Crippen LogP contribution in [0.25, 0.3) is 22.2 Å². The summed E-state index contributed by atoms with van der Waals surface area (Å²) in [6.45, 7) is 2.03. The molecule has 0 saturated heterocycles. The van der Waals surface area contributed by atoms with E-state index in [-0.39, 0.29) is 17.7 Å². The number of aromatic nitrogens is 2. The molecule has 5 aromatic rings. The van der Waals surface area contributed by atoms with Crippen molar-refractivity contribution in [2.45, 2.75) is 6.92 Å². The number of anilines is 2. The molecule has 0 atom stereocenters. The summed E-state index contributed by atoms with van der Waals surface area (Å²) in [6, 6.07) is 24.8. The van der Waals surface area contributed by atoms with Gasteiger partial charge in [0.2, 0.25) is 0 Å². The van der Waals surface area contributed by atoms with Crippen molar-refractivity contribution in [2.24, 2.45) is 7.05 Å². The lowest BCUT2D eigenvalue weighted by Gasteiger charge is -2.13. The molecular formula is C32H29N5O4. The van der Waals surface area contributed by atoms with Crippen LogP contribution in [0, 0.1) is 6.92 Å². The molecule has 0 unspecified atom stereocenters. The van der Waals surface area contributed by atoms with E-state index in [0.717, 1.165) is 27.7 Å². The Morgan fingerprint density at radius 1 is 0.780 bits per heavy atom. The van der Waals surface area contributed by atoms with Crippen molar-refractivity contribution in [2.75, 3.05) is 24.8 Å². The van der Waals surface area contributed by atoms with E-state index in [1.54, 1.807) is 55.6 Å². The van der Waals surface area contributed by atoms with Gasteiger partial charge in [0.25, 0.3) is 17.7 Å². The number of hydrogen-bond acceptors (Lipinski definition) is 5. The van der Waals surface area contributed by atoms with E-state index in [1.165, 1.54) is 7.11 Å². The second kappa shape index (κ2) is 11.4. The van der Waals surface area contributed by atoms with Gasteiger partial charge < -0.3 is 20.7 Å². The summed E-state index contributed by atoms with van der Waals surface area (Å²) in [6.07, 6.45) is 0. The first-order valence-electron chi connectivity index (χ1n) is 12.9. The number of amides is 3. The molecule has 0 bridgehead atoms. The Morgan fingerprint density at radius 3 is 2.12 bits per heavy atom. The molecule has 5 rings (SSSR count). The van der Waals surface area contributed by atoms with Crippen molar-refractivity contribution in [1.29, 1.82) is 0 Å². The highest BCUT2D eigenvalue weighted by atomic mass is 16.5. The minimum absolute atomic E-state index is 0.240. The molecule has 0 aliphatic carbocycles. The number of benzene rings is 4. The van der Waals surface area contributed by atoms with Gasteiger partial charge in [-0.3, -0.25) is 19.1 Å². The maximum Gasteiger partial charge on any atom is 0.255 e. The molecule has 1 heterocycles. The molecular weight excluding hydrogens is 518 g/mol. The van der Waals surface area contributed by atoms with Gasteiger partial charge in [0, 0.05) is 47.4 Å². The van der Waals surface area contributed by atoms with Crippen LogP contribution in [0.3, 0.4) is 0 Å². The number of methoxy groups -OCH3 is 1. The summed E-state index contributed by atoms with van der Waals surface area (Å²) in [5, 5.41) is 13.9. The zero-order chi connectivity index (χ0) is 29.1. The number of carbonyl (C=O) groups excluding carboxylic acids is 3. The largest absolute Gasteiger partial charge is 0.495 e. The lowest BCUT2D eigenvalue weighted by molar-refractivity contribution is 0.0960. The van der Waals surface area contributed by atoms with Gasteiger partial charge in [-0.05, 0) is 73.2 Å². The van der Waals surface area contributed by atoms with Crippen molar-refractivity contribution in [3.63, 3.8) is 0 Å². The van der Waals surface area contributed by atoms with Crippen LogP contribution in [0.15, 0.2) is 84.9 Å². The number of nitrogens with one attached hydrogen (secondary N) is 3. The van der Waals surface area contributed by atoms with E-state index in [2.05, 4.69) is 16.0 Å². The lowest BCUT2D eigenvalue weighted by Crippen LogP contribution is -2.18. The smallest absolute Gasteiger partial charge is 0.255 e. The predicted octanol–water partition coefficient (Wildman–Crippen LogP) is 5.42. The average Bonchev–Trinajstić information content (AvgIpc) is 3.32. The van der Waals surface area contributed by atoms with Crippen LogP contribution in [0.4, 0.5) is 11.4 Å². The number of ether oxygens (including phenoxy) is 1. The maximum atomic E-state index is 13.3. The van der Waals surface area contributed by atoms with Gasteiger partial charge in [0.1, 0.15) is 11.4 Å². The van der Waals surface area contributed by atoms with Gasteiger partial charge in [-0.2, -0.15) is 5.10 Å². The standard InChI is InChI=1S/C32H29N5O4/c1-19-7-5-6-8-24(19)29-25-17-22(13-15-27(25)37(3)36-29)32(40)34-23-14-16-28(41-4)26(18-23)35-31(39)21-11-9-20(10-12-21)30(38)33-2/h5-18H,1-4H3,(H,33,38)(H,34,40)(H,35,39). The number of fused-ring (bicyclic) bond motifs is 1. The number of hydrogen-bond donors (Lipinski definition) is 3. The molecule has 3 amide bonds. The van der Waals surface area contributed by atoms with E-state index >= 15 is 0 Å². The molecule has 206 valence electrons. The zero-order valence-electron chi connectivity index (χ0n) is 23.1. The molecule has 9 nitrogen and oxygen atoms in total. The van der Waals surface area contributed by atoms with Crippen LogP contribution in [0.1, 0.15) is 36.6 Å². The topological polar surface area (TPSA) is 114 Å². The van der Waals surface area contributed by atoms with Crippen molar-refractivity contribution in [1.82, 2.24) is 15.1 Å². The molecule has 9 heteroatoms. The molecule has 1 aromatic heterocycles. The summed E-state index contributed by atoms with van der Waals surface area (Å²) in [4.78, 5) is 38.0. The highest BCUT2D eigenvalue weighted by Gasteiger charge is 2.17. The monoisotopic (exact) mass is 547 g/mol. The molecule has 0 aliphatic rings. The summed E-state index contributed by atoms with van der Waals surface area (Å²) < 4.78 is 7.23. The first-order chi connectivity index (χ1) is 19.8. The maximum absolute atomic E-state index is 13.3. The van der Waals surface area contributed by atoms with Crippen molar-refractivity contribution < 1.29 is 19.1 Å². The number of carbonyl (C=O) groups is 3. The van der Waals surface area contributed by atoms with Gasteiger partial charge in [-0.1, -0.05) is 24.3 Å². The van der Waals surface area contributed by atoms with Crippen LogP contribution in [0.2, 0.25) is 0 Å². The SMILES string of the molecule is CNC(=O)c1ccc(C(=O)Nc2cc(NC(=O)c3ccc4c(c3)c(-c3ccccc3C)nn4C)ccc2OC)cc1. The van der Waals surface area contributed by atoms with E-state index in [1.807, 2.05) is 55.1 Å². The van der Waals surface area contributed by atoms with Crippen LogP contribution < -0.4 is 20.7 Å². The lowest BCUT2D eigenvalue weighted by atomic mass is 10.0. The minimum atomic E-state index is -0.388. The van der Waals surface area contributed by atoms with Crippen molar-refractivity contribution >= 4 is 40.0 Å². The van der Waals surface area contributed by atoms with Gasteiger partial charge in [0.05, 0.1) is 18.3 Å². The molecule has 0 radical (unpaired) electrons. The molecule has 0 fully saturated rings. The first kappa shape index (κ1) is 27.1. The van der Waals surface area contributed by atoms with Crippen molar-refractivity contribution in [3.05, 3.63) is 107 Å². The Labute approximate surface area is 237 Å². The molecule has 0 spiro atoms. The van der Waals surface area contributed by atoms with Crippen LogP contribution in [-0.4, -0.2) is 41.7 Å². The van der Waals surface area contributed by atoms with Gasteiger partial charge in [0.15, 0.2) is 0 Å². The number of rotatable bonds is 7. The zero-order valence-corrected chi connectivity index (χ0v) is 23.1. The van der Waals surface area contributed by atoms with E-state index in [4.69, 9.17) is 9.84 Å². The Morgan fingerprint density at radius 2 is 1.44 bits per heavy atom. The van der Waals surface area contributed by atoms with E-state index in [0.29, 0.717) is 33.8 Å². The summed E-state index contributed by atoms with van der Waals surface area (Å²) in [7, 11) is 4.92. The third-order valence-corrected chi connectivity index (χ3v) is 6.85. The molecule has 41 heavy (non-hydrogen) atoms. The Balaban J connectivity index is 1.39. The van der Waals surface area contributed by atoms with Crippen LogP contribution in [0.5, 0.6) is 5.75 Å². The van der Waals surface area contributed by atoms with Crippen LogP contribution in [-0.2, 0) is 7.05 Å². The molecule has 0 aliphatic heterocycles. The molecule has 4 aromatic carbocycles. The Kier molecular flexibility index (Phi) is 7.51. The fourth-order valence-corrected chi connectivity index (χ4v) is 4.64.